The van der Waals surface area contributed by atoms with Gasteiger partial charge in [-0.3, -0.25) is 9.69 Å². The van der Waals surface area contributed by atoms with E-state index in [0.29, 0.717) is 23.7 Å². The van der Waals surface area contributed by atoms with Crippen LogP contribution in [0.2, 0.25) is 0 Å². The summed E-state index contributed by atoms with van der Waals surface area (Å²) in [5.74, 6) is -0.497. The fourth-order valence-corrected chi connectivity index (χ4v) is 3.77. The minimum absolute atomic E-state index is 0.112. The van der Waals surface area contributed by atoms with Gasteiger partial charge in [-0.25, -0.2) is 9.18 Å². The second-order valence-corrected chi connectivity index (χ2v) is 7.14. The van der Waals surface area contributed by atoms with Crippen molar-refractivity contribution in [1.82, 2.24) is 5.32 Å². The van der Waals surface area contributed by atoms with Gasteiger partial charge in [0.25, 0.3) is 5.91 Å². The van der Waals surface area contributed by atoms with Gasteiger partial charge in [0.05, 0.1) is 4.88 Å². The van der Waals surface area contributed by atoms with Crippen molar-refractivity contribution >= 4 is 34.6 Å². The molecule has 0 atom stereocenters. The highest BCUT2D eigenvalue weighted by Crippen LogP contribution is 2.29. The second kappa shape index (κ2) is 7.20. The van der Waals surface area contributed by atoms with Crippen LogP contribution in [-0.4, -0.2) is 25.0 Å². The maximum absolute atomic E-state index is 13.0. The lowest BCUT2D eigenvalue weighted by Gasteiger charge is -2.14. The summed E-state index contributed by atoms with van der Waals surface area (Å²) < 4.78 is 13.0. The van der Waals surface area contributed by atoms with E-state index in [1.807, 2.05) is 6.07 Å². The normalized spacial score (nSPS) is 13.5. The molecule has 3 amide bonds. The Kier molecular flexibility index (Phi) is 4.60. The van der Waals surface area contributed by atoms with Gasteiger partial charge in [-0.15, -0.1) is 11.3 Å². The molecule has 4 rings (SSSR count). The molecule has 1 saturated heterocycles. The van der Waals surface area contributed by atoms with Crippen LogP contribution in [-0.2, 0) is 0 Å². The molecule has 0 saturated carbocycles. The molecule has 0 unspecified atom stereocenters. The van der Waals surface area contributed by atoms with Gasteiger partial charge < -0.3 is 10.6 Å². The number of nitrogens with zero attached hydrogens (tertiary/aromatic N) is 1. The van der Waals surface area contributed by atoms with E-state index < -0.39 is 0 Å². The number of carbonyl (C=O) groups is 2. The molecule has 7 heteroatoms. The van der Waals surface area contributed by atoms with Gasteiger partial charge >= 0.3 is 6.03 Å². The predicted molar refractivity (Wildman–Crippen MR) is 105 cm³/mol. The van der Waals surface area contributed by atoms with E-state index in [9.17, 15) is 14.0 Å². The van der Waals surface area contributed by atoms with Crippen LogP contribution >= 0.6 is 11.3 Å². The van der Waals surface area contributed by atoms with Crippen molar-refractivity contribution in [3.8, 4) is 10.4 Å². The van der Waals surface area contributed by atoms with Crippen LogP contribution in [0.25, 0.3) is 10.4 Å². The fraction of sp³-hybridized carbons (Fsp3) is 0.100. The molecule has 27 heavy (non-hydrogen) atoms. The monoisotopic (exact) mass is 381 g/mol. The number of anilines is 2. The number of rotatable bonds is 4. The minimum atomic E-state index is -0.289. The molecule has 0 aliphatic carbocycles. The van der Waals surface area contributed by atoms with Gasteiger partial charge in [0.2, 0.25) is 0 Å². The zero-order valence-corrected chi connectivity index (χ0v) is 15.1. The average molecular weight is 381 g/mol. The van der Waals surface area contributed by atoms with Crippen LogP contribution in [0, 0.1) is 5.82 Å². The lowest BCUT2D eigenvalue weighted by Crippen LogP contribution is -2.27. The molecule has 3 aromatic rings. The largest absolute Gasteiger partial charge is 0.336 e. The number of thiophene rings is 1. The molecule has 1 aliphatic rings. The molecule has 2 aromatic carbocycles. The Morgan fingerprint density at radius 2 is 1.78 bits per heavy atom. The van der Waals surface area contributed by atoms with E-state index >= 15 is 0 Å². The molecule has 1 aromatic heterocycles. The molecular formula is C20H16FN3O2S. The maximum atomic E-state index is 13.0. The smallest absolute Gasteiger partial charge is 0.321 e. The van der Waals surface area contributed by atoms with Crippen molar-refractivity contribution in [2.45, 2.75) is 0 Å². The Bertz CT molecular complexity index is 983. The van der Waals surface area contributed by atoms with Crippen molar-refractivity contribution in [2.24, 2.45) is 0 Å². The third-order valence-electron chi connectivity index (χ3n) is 4.25. The molecule has 0 bridgehead atoms. The molecule has 1 aliphatic heterocycles. The summed E-state index contributed by atoms with van der Waals surface area (Å²) in [5, 5.41) is 5.61. The number of halogens is 1. The van der Waals surface area contributed by atoms with Crippen LogP contribution in [0.5, 0.6) is 0 Å². The lowest BCUT2D eigenvalue weighted by molar-refractivity contribution is 0.103. The Morgan fingerprint density at radius 3 is 2.44 bits per heavy atom. The van der Waals surface area contributed by atoms with Gasteiger partial charge in [-0.2, -0.15) is 0 Å². The lowest BCUT2D eigenvalue weighted by atomic mass is 10.2. The predicted octanol–water partition coefficient (Wildman–Crippen LogP) is 4.34. The number of benzene rings is 2. The van der Waals surface area contributed by atoms with Gasteiger partial charge in [0, 0.05) is 29.3 Å². The van der Waals surface area contributed by atoms with Crippen LogP contribution in [0.3, 0.4) is 0 Å². The number of carbonyl (C=O) groups excluding carboxylic acids is 2. The summed E-state index contributed by atoms with van der Waals surface area (Å²) in [7, 11) is 0. The summed E-state index contributed by atoms with van der Waals surface area (Å²) in [5.41, 5.74) is 2.31. The first-order valence-corrected chi connectivity index (χ1v) is 9.24. The first-order valence-electron chi connectivity index (χ1n) is 8.43. The van der Waals surface area contributed by atoms with E-state index in [4.69, 9.17) is 0 Å². The quantitative estimate of drug-likeness (QED) is 0.706. The highest BCUT2D eigenvalue weighted by Gasteiger charge is 2.20. The van der Waals surface area contributed by atoms with E-state index in [1.54, 1.807) is 47.4 Å². The van der Waals surface area contributed by atoms with Crippen LogP contribution < -0.4 is 15.5 Å². The van der Waals surface area contributed by atoms with Gasteiger partial charge in [-0.1, -0.05) is 12.1 Å². The Labute approximate surface area is 159 Å². The first-order chi connectivity index (χ1) is 13.1. The van der Waals surface area contributed by atoms with Crippen LogP contribution in [0.15, 0.2) is 60.7 Å². The molecule has 1 fully saturated rings. The fourth-order valence-electron chi connectivity index (χ4n) is 2.86. The first kappa shape index (κ1) is 17.2. The third-order valence-corrected chi connectivity index (χ3v) is 5.39. The van der Waals surface area contributed by atoms with Crippen molar-refractivity contribution < 1.29 is 14.0 Å². The number of hydrogen-bond donors (Lipinski definition) is 2. The zero-order valence-electron chi connectivity index (χ0n) is 14.2. The molecule has 0 spiro atoms. The topological polar surface area (TPSA) is 61.4 Å². The maximum Gasteiger partial charge on any atom is 0.321 e. The average Bonchev–Trinajstić information content (AvgIpc) is 3.32. The Morgan fingerprint density at radius 1 is 1.04 bits per heavy atom. The number of urea groups is 1. The van der Waals surface area contributed by atoms with Crippen molar-refractivity contribution in [2.75, 3.05) is 23.3 Å². The third kappa shape index (κ3) is 3.68. The number of amides is 3. The molecule has 136 valence electrons. The van der Waals surface area contributed by atoms with Gasteiger partial charge in [0.15, 0.2) is 0 Å². The minimum Gasteiger partial charge on any atom is -0.336 e. The molecule has 0 radical (unpaired) electrons. The van der Waals surface area contributed by atoms with Crippen molar-refractivity contribution in [1.29, 1.82) is 0 Å². The van der Waals surface area contributed by atoms with Crippen molar-refractivity contribution in [3.05, 3.63) is 71.4 Å². The second-order valence-electron chi connectivity index (χ2n) is 6.06. The molecule has 2 N–H and O–H groups in total. The van der Waals surface area contributed by atoms with Gasteiger partial charge in [-0.05, 0) is 54.1 Å². The van der Waals surface area contributed by atoms with E-state index in [0.717, 1.165) is 16.1 Å². The van der Waals surface area contributed by atoms with E-state index in [2.05, 4.69) is 10.6 Å². The Balaban J connectivity index is 1.45. The summed E-state index contributed by atoms with van der Waals surface area (Å²) in [6.45, 7) is 1.26. The zero-order chi connectivity index (χ0) is 18.8. The SMILES string of the molecule is O=C(Nc1ccc(N2CCNC2=O)cc1)c1ccc(-c2ccc(F)cc2)s1. The van der Waals surface area contributed by atoms with Crippen LogP contribution in [0.4, 0.5) is 20.6 Å². The van der Waals surface area contributed by atoms with Gasteiger partial charge in [0.1, 0.15) is 5.82 Å². The highest BCUT2D eigenvalue weighted by molar-refractivity contribution is 7.17. The van der Waals surface area contributed by atoms with Crippen molar-refractivity contribution in [3.63, 3.8) is 0 Å². The Hall–Kier alpha value is -3.19. The van der Waals surface area contributed by atoms with Crippen LogP contribution in [0.1, 0.15) is 9.67 Å². The molecule has 2 heterocycles. The summed E-state index contributed by atoms with van der Waals surface area (Å²) in [4.78, 5) is 27.3. The molecule has 5 nitrogen and oxygen atoms in total. The number of hydrogen-bond acceptors (Lipinski definition) is 3. The van der Waals surface area contributed by atoms with E-state index in [1.165, 1.54) is 23.5 Å². The molecular weight excluding hydrogens is 365 g/mol. The summed E-state index contributed by atoms with van der Waals surface area (Å²) in [6, 6.07) is 16.8. The summed E-state index contributed by atoms with van der Waals surface area (Å²) in [6.07, 6.45) is 0. The summed E-state index contributed by atoms with van der Waals surface area (Å²) >= 11 is 1.35. The standard InChI is InChI=1S/C20H16FN3O2S/c21-14-3-1-13(2-4-14)17-9-10-18(27-17)19(25)23-15-5-7-16(8-6-15)24-12-11-22-20(24)26/h1-10H,11-12H2,(H,22,26)(H,23,25). The van der Waals surface area contributed by atoms with E-state index in [-0.39, 0.29) is 17.8 Å². The highest BCUT2D eigenvalue weighted by atomic mass is 32.1. The number of nitrogens with one attached hydrogen (secondary N) is 2.